The summed E-state index contributed by atoms with van der Waals surface area (Å²) in [6, 6.07) is 0. The first kappa shape index (κ1) is 22.5. The van der Waals surface area contributed by atoms with E-state index in [1.54, 1.807) is 5.57 Å². The van der Waals surface area contributed by atoms with Gasteiger partial charge in [-0.15, -0.1) is 6.42 Å². The van der Waals surface area contributed by atoms with Crippen LogP contribution in [-0.4, -0.2) is 27.9 Å². The van der Waals surface area contributed by atoms with Crippen molar-refractivity contribution in [2.75, 3.05) is 0 Å². The Morgan fingerprint density at radius 1 is 1.16 bits per heavy atom. The second-order valence-corrected chi connectivity index (χ2v) is 10.7. The molecular weight excluding hydrogens is 388 g/mol. The van der Waals surface area contributed by atoms with Gasteiger partial charge in [0.05, 0.1) is 11.9 Å². The first-order valence-corrected chi connectivity index (χ1v) is 12.2. The molecule has 5 aliphatic rings. The molecule has 0 saturated heterocycles. The van der Waals surface area contributed by atoms with Crippen LogP contribution in [0.5, 0.6) is 0 Å². The average molecular weight is 427 g/mol. The Bertz CT molecular complexity index is 795. The number of allylic oxidation sites excluding steroid dienone is 4. The standard InChI is InChI=1S/C25H34O2.C2H4O2/c1-3-25(26)15-13-23-22-10-8-17-16-19(27-18-6-4-5-7-18)9-11-20(17)21(22)12-14-24(23,25)2;1-2(3)4/h1,8,16,18,20-23,26H,4-7,9-15H2,2H3;1H3,(H,3,4)/t20-,21+,22+,23-,24-,25-;/m0./s1. The third-order valence-corrected chi connectivity index (χ3v) is 9.10. The fourth-order valence-electron chi connectivity index (χ4n) is 7.50. The molecule has 170 valence electrons. The van der Waals surface area contributed by atoms with Gasteiger partial charge in [0.25, 0.3) is 5.97 Å². The summed E-state index contributed by atoms with van der Waals surface area (Å²) in [7, 11) is 0. The highest BCUT2D eigenvalue weighted by Gasteiger charge is 2.61. The minimum atomic E-state index is -0.888. The van der Waals surface area contributed by atoms with Crippen LogP contribution in [0.25, 0.3) is 0 Å². The number of carboxylic acids is 1. The molecule has 0 heterocycles. The van der Waals surface area contributed by atoms with Gasteiger partial charge < -0.3 is 14.9 Å². The van der Waals surface area contributed by atoms with Crippen molar-refractivity contribution in [1.82, 2.24) is 0 Å². The van der Waals surface area contributed by atoms with E-state index in [0.29, 0.717) is 23.9 Å². The molecule has 31 heavy (non-hydrogen) atoms. The maximum absolute atomic E-state index is 11.1. The number of carboxylic acid groups (broad SMARTS) is 1. The molecule has 0 amide bonds. The second kappa shape index (κ2) is 8.66. The average Bonchev–Trinajstić information content (AvgIpc) is 3.33. The summed E-state index contributed by atoms with van der Waals surface area (Å²) in [5, 5.41) is 18.5. The maximum Gasteiger partial charge on any atom is 0.300 e. The molecule has 0 aromatic rings. The lowest BCUT2D eigenvalue weighted by atomic mass is 9.51. The van der Waals surface area contributed by atoms with E-state index in [2.05, 4.69) is 25.0 Å². The molecule has 0 unspecified atom stereocenters. The van der Waals surface area contributed by atoms with Crippen molar-refractivity contribution in [3.63, 3.8) is 0 Å². The lowest BCUT2D eigenvalue weighted by Crippen LogP contribution is -2.51. The number of aliphatic carboxylic acids is 1. The summed E-state index contributed by atoms with van der Waals surface area (Å²) in [6.45, 7) is 3.36. The van der Waals surface area contributed by atoms with Gasteiger partial charge in [-0.3, -0.25) is 4.79 Å². The Morgan fingerprint density at radius 2 is 1.87 bits per heavy atom. The van der Waals surface area contributed by atoms with Crippen molar-refractivity contribution in [1.29, 1.82) is 0 Å². The zero-order valence-electron chi connectivity index (χ0n) is 19.1. The summed E-state index contributed by atoms with van der Waals surface area (Å²) in [5.74, 6) is 5.94. The fourth-order valence-corrected chi connectivity index (χ4v) is 7.50. The molecule has 6 atom stereocenters. The molecule has 5 aliphatic carbocycles. The van der Waals surface area contributed by atoms with Crippen molar-refractivity contribution in [3.05, 3.63) is 23.5 Å². The Kier molecular flexibility index (Phi) is 6.28. The molecule has 3 saturated carbocycles. The van der Waals surface area contributed by atoms with Gasteiger partial charge in [0.2, 0.25) is 0 Å². The number of rotatable bonds is 2. The number of fused-ring (bicyclic) bond motifs is 5. The number of terminal acetylenes is 1. The van der Waals surface area contributed by atoms with Gasteiger partial charge in [0.15, 0.2) is 0 Å². The molecule has 5 rings (SSSR count). The lowest BCUT2D eigenvalue weighted by molar-refractivity contribution is -0.134. The molecule has 0 radical (unpaired) electrons. The zero-order valence-corrected chi connectivity index (χ0v) is 19.1. The van der Waals surface area contributed by atoms with E-state index in [-0.39, 0.29) is 5.41 Å². The molecule has 4 heteroatoms. The van der Waals surface area contributed by atoms with E-state index < -0.39 is 11.6 Å². The van der Waals surface area contributed by atoms with Gasteiger partial charge in [-0.05, 0) is 99.5 Å². The third-order valence-electron chi connectivity index (χ3n) is 9.10. The van der Waals surface area contributed by atoms with Gasteiger partial charge in [0.1, 0.15) is 5.60 Å². The quantitative estimate of drug-likeness (QED) is 0.575. The van der Waals surface area contributed by atoms with E-state index in [9.17, 15) is 5.11 Å². The minimum absolute atomic E-state index is 0.0878. The van der Waals surface area contributed by atoms with Crippen LogP contribution in [-0.2, 0) is 9.53 Å². The Labute approximate surface area is 187 Å². The van der Waals surface area contributed by atoms with Crippen LogP contribution < -0.4 is 0 Å². The van der Waals surface area contributed by atoms with E-state index in [1.807, 2.05) is 0 Å². The van der Waals surface area contributed by atoms with E-state index in [1.165, 1.54) is 44.3 Å². The van der Waals surface area contributed by atoms with Crippen molar-refractivity contribution in [2.45, 2.75) is 96.2 Å². The van der Waals surface area contributed by atoms with Crippen LogP contribution in [0.4, 0.5) is 0 Å². The molecule has 0 aromatic carbocycles. The van der Waals surface area contributed by atoms with Gasteiger partial charge in [-0.25, -0.2) is 0 Å². The molecule has 2 N–H and O–H groups in total. The minimum Gasteiger partial charge on any atom is -0.495 e. The zero-order chi connectivity index (χ0) is 22.2. The summed E-state index contributed by atoms with van der Waals surface area (Å²) in [4.78, 5) is 9.00. The summed E-state index contributed by atoms with van der Waals surface area (Å²) >= 11 is 0. The van der Waals surface area contributed by atoms with Crippen molar-refractivity contribution < 1.29 is 19.7 Å². The van der Waals surface area contributed by atoms with Crippen molar-refractivity contribution in [2.24, 2.45) is 29.1 Å². The van der Waals surface area contributed by atoms with Crippen molar-refractivity contribution >= 4 is 5.97 Å². The molecule has 0 aliphatic heterocycles. The first-order chi connectivity index (χ1) is 14.8. The van der Waals surface area contributed by atoms with Crippen LogP contribution in [0.15, 0.2) is 23.5 Å². The molecule has 4 nitrogen and oxygen atoms in total. The molecular formula is C27H38O4. The normalized spacial score (nSPS) is 41.4. The highest BCUT2D eigenvalue weighted by atomic mass is 16.5. The predicted octanol–water partition coefficient (Wildman–Crippen LogP) is 5.47. The number of hydrogen-bond donors (Lipinski definition) is 2. The van der Waals surface area contributed by atoms with Gasteiger partial charge in [0, 0.05) is 18.8 Å². The molecule has 0 aromatic heterocycles. The third kappa shape index (κ3) is 4.07. The largest absolute Gasteiger partial charge is 0.495 e. The monoisotopic (exact) mass is 426 g/mol. The smallest absolute Gasteiger partial charge is 0.300 e. The molecule has 0 spiro atoms. The summed E-state index contributed by atoms with van der Waals surface area (Å²) in [5.41, 5.74) is 0.570. The predicted molar refractivity (Wildman–Crippen MR) is 121 cm³/mol. The fraction of sp³-hybridized carbons (Fsp3) is 0.741. The van der Waals surface area contributed by atoms with E-state index >= 15 is 0 Å². The molecule has 3 fully saturated rings. The number of aliphatic hydroxyl groups is 1. The van der Waals surface area contributed by atoms with E-state index in [0.717, 1.165) is 44.9 Å². The topological polar surface area (TPSA) is 66.8 Å². The summed E-state index contributed by atoms with van der Waals surface area (Å²) in [6.07, 6.45) is 24.0. The van der Waals surface area contributed by atoms with Crippen LogP contribution in [0.3, 0.4) is 0 Å². The maximum atomic E-state index is 11.1. The second-order valence-electron chi connectivity index (χ2n) is 10.7. The molecule has 0 bridgehead atoms. The summed E-state index contributed by atoms with van der Waals surface area (Å²) < 4.78 is 6.33. The first-order valence-electron chi connectivity index (χ1n) is 12.2. The van der Waals surface area contributed by atoms with Crippen molar-refractivity contribution in [3.8, 4) is 12.3 Å². The number of ether oxygens (including phenoxy) is 1. The van der Waals surface area contributed by atoms with Crippen LogP contribution in [0, 0.1) is 41.4 Å². The van der Waals surface area contributed by atoms with Gasteiger partial charge in [-0.2, -0.15) is 0 Å². The lowest BCUT2D eigenvalue weighted by Gasteiger charge is -2.53. The Morgan fingerprint density at radius 3 is 2.55 bits per heavy atom. The Hall–Kier alpha value is -1.73. The van der Waals surface area contributed by atoms with Gasteiger partial charge in [-0.1, -0.05) is 18.9 Å². The van der Waals surface area contributed by atoms with Crippen LogP contribution >= 0.6 is 0 Å². The van der Waals surface area contributed by atoms with Gasteiger partial charge >= 0.3 is 0 Å². The van der Waals surface area contributed by atoms with Crippen LogP contribution in [0.2, 0.25) is 0 Å². The Balaban J connectivity index is 0.000000535. The van der Waals surface area contributed by atoms with Crippen LogP contribution in [0.1, 0.15) is 84.5 Å². The number of hydrogen-bond acceptors (Lipinski definition) is 3. The SMILES string of the molecule is C#C[C@]1(O)CC[C@H]2[C@@H]3CC=C4C=C(OC5CCCC5)CC[C@@H]4[C@H]3CC[C@@]21C.CC(=O)O. The highest BCUT2D eigenvalue weighted by Crippen LogP contribution is 2.64. The highest BCUT2D eigenvalue weighted by molar-refractivity contribution is 5.62. The van der Waals surface area contributed by atoms with E-state index in [4.69, 9.17) is 21.1 Å². The number of carbonyl (C=O) groups is 1.